The topological polar surface area (TPSA) is 121 Å². The van der Waals surface area contributed by atoms with E-state index in [2.05, 4.69) is 9.97 Å². The number of ether oxygens (including phenoxy) is 1. The Labute approximate surface area is 198 Å². The molecular weight excluding hydrogens is 458 g/mol. The van der Waals surface area contributed by atoms with Gasteiger partial charge < -0.3 is 14.2 Å². The van der Waals surface area contributed by atoms with Gasteiger partial charge in [-0.25, -0.2) is 9.97 Å². The molecule has 2 aromatic heterocycles. The molecule has 0 saturated carbocycles. The van der Waals surface area contributed by atoms with Gasteiger partial charge in [0.25, 0.3) is 11.5 Å². The molecule has 3 aromatic rings. The Morgan fingerprint density at radius 2 is 1.91 bits per heavy atom. The number of benzene rings is 1. The Bertz CT molecular complexity index is 1320. The number of piperazine rings is 1. The van der Waals surface area contributed by atoms with Crippen molar-refractivity contribution in [1.29, 1.82) is 0 Å². The van der Waals surface area contributed by atoms with E-state index in [9.17, 15) is 18.4 Å². The van der Waals surface area contributed by atoms with Crippen molar-refractivity contribution in [2.24, 2.45) is 5.92 Å². The molecule has 4 rings (SSSR count). The Hall–Kier alpha value is -3.15. The van der Waals surface area contributed by atoms with Crippen molar-refractivity contribution in [1.82, 2.24) is 23.7 Å². The first-order valence-corrected chi connectivity index (χ1v) is 12.5. The average Bonchev–Trinajstić information content (AvgIpc) is 2.85. The van der Waals surface area contributed by atoms with Crippen LogP contribution < -0.4 is 10.3 Å². The number of rotatable bonds is 6. The summed E-state index contributed by atoms with van der Waals surface area (Å²) in [5.41, 5.74) is 0.235. The molecule has 10 nitrogen and oxygen atoms in total. The maximum atomic E-state index is 13.3. The number of nitrogens with zero attached hydrogens (tertiary/aromatic N) is 5. The normalized spacial score (nSPS) is 16.6. The highest BCUT2D eigenvalue weighted by molar-refractivity contribution is 7.95. The highest BCUT2D eigenvalue weighted by Gasteiger charge is 2.36. The van der Waals surface area contributed by atoms with Crippen molar-refractivity contribution in [3.8, 4) is 5.75 Å². The fourth-order valence-corrected chi connectivity index (χ4v) is 5.40. The molecule has 0 radical (unpaired) electrons. The number of carbonyl (C=O) groups is 1. The number of fused-ring (bicyclic) bond motifs is 1. The van der Waals surface area contributed by atoms with Gasteiger partial charge in [-0.15, -0.1) is 4.31 Å². The summed E-state index contributed by atoms with van der Waals surface area (Å²) < 4.78 is 34.0. The van der Waals surface area contributed by atoms with E-state index in [1.807, 2.05) is 13.8 Å². The number of hydrogen-bond acceptors (Lipinski definition) is 7. The van der Waals surface area contributed by atoms with Crippen LogP contribution >= 0.6 is 0 Å². The lowest BCUT2D eigenvalue weighted by molar-refractivity contribution is 0.0684. The molecule has 1 unspecified atom stereocenters. The number of sulfonamides is 1. The molecule has 11 heteroatoms. The predicted octanol–water partition coefficient (Wildman–Crippen LogP) is 1.82. The van der Waals surface area contributed by atoms with Crippen LogP contribution in [0.5, 0.6) is 5.75 Å². The predicted molar refractivity (Wildman–Crippen MR) is 126 cm³/mol. The molecule has 1 fully saturated rings. The van der Waals surface area contributed by atoms with Gasteiger partial charge in [-0.2, -0.15) is 0 Å². The Morgan fingerprint density at radius 3 is 2.59 bits per heavy atom. The molecule has 1 aliphatic rings. The summed E-state index contributed by atoms with van der Waals surface area (Å²) in [7, 11) is -2.27. The average molecular weight is 486 g/mol. The number of carbonyl (C=O) groups excluding carboxylic acids is 1. The summed E-state index contributed by atoms with van der Waals surface area (Å²) in [5, 5.41) is 0. The van der Waals surface area contributed by atoms with Crippen LogP contribution in [0.2, 0.25) is 0 Å². The minimum atomic E-state index is -3.74. The standard InChI is InChI=1S/C23H27N5O5S/c1-16(2)15-28-21-19(8-5-9-24-21)25-20(23(28)30)22(29)26-10-12-27(13-11-26)34(31,32)18-7-4-6-17(14-18)33-3/h4-9,14,16H,10-13,15H2,1-3H3. The Balaban J connectivity index is 1.56. The lowest BCUT2D eigenvalue weighted by atomic mass is 10.2. The largest absolute Gasteiger partial charge is 0.593 e. The summed E-state index contributed by atoms with van der Waals surface area (Å²) in [4.78, 5) is 36.6. The first-order chi connectivity index (χ1) is 16.2. The van der Waals surface area contributed by atoms with E-state index in [-0.39, 0.29) is 42.7 Å². The summed E-state index contributed by atoms with van der Waals surface area (Å²) in [6.07, 6.45) is 1.59. The molecule has 0 N–H and O–H groups in total. The van der Waals surface area contributed by atoms with E-state index in [0.717, 1.165) is 0 Å². The highest BCUT2D eigenvalue weighted by atomic mass is 32.3. The third-order valence-electron chi connectivity index (χ3n) is 5.66. The Morgan fingerprint density at radius 1 is 1.18 bits per heavy atom. The number of pyridine rings is 1. The zero-order chi connectivity index (χ0) is 24.5. The number of methoxy groups -OCH3 is 1. The molecule has 0 aliphatic carbocycles. The fraction of sp³-hybridized carbons (Fsp3) is 0.391. The van der Waals surface area contributed by atoms with Gasteiger partial charge in [-0.3, -0.25) is 14.2 Å². The van der Waals surface area contributed by atoms with Crippen molar-refractivity contribution < 1.29 is 18.3 Å². The number of amides is 1. The lowest BCUT2D eigenvalue weighted by Crippen LogP contribution is -2.53. The molecule has 1 saturated heterocycles. The lowest BCUT2D eigenvalue weighted by Gasteiger charge is -2.35. The molecule has 0 bridgehead atoms. The van der Waals surface area contributed by atoms with Gasteiger partial charge in [0.2, 0.25) is 0 Å². The van der Waals surface area contributed by atoms with Gasteiger partial charge in [0.15, 0.2) is 26.6 Å². The van der Waals surface area contributed by atoms with Crippen molar-refractivity contribution in [3.05, 3.63) is 58.6 Å². The minimum absolute atomic E-state index is 0.112. The molecule has 0 spiro atoms. The van der Waals surface area contributed by atoms with Crippen LogP contribution in [0.15, 0.2) is 52.3 Å². The molecule has 1 atom stereocenters. The minimum Gasteiger partial charge on any atom is -0.593 e. The monoisotopic (exact) mass is 485 g/mol. The second kappa shape index (κ2) is 9.61. The maximum Gasteiger partial charge on any atom is 0.283 e. The van der Waals surface area contributed by atoms with Crippen LogP contribution in [-0.4, -0.2) is 67.5 Å². The third kappa shape index (κ3) is 4.59. The van der Waals surface area contributed by atoms with E-state index in [4.69, 9.17) is 4.74 Å². The van der Waals surface area contributed by atoms with Gasteiger partial charge in [0, 0.05) is 31.9 Å². The van der Waals surface area contributed by atoms with E-state index in [0.29, 0.717) is 23.5 Å². The zero-order valence-electron chi connectivity index (χ0n) is 19.3. The quantitative estimate of drug-likeness (QED) is 0.488. The van der Waals surface area contributed by atoms with Crippen LogP contribution in [0, 0.1) is 5.92 Å². The van der Waals surface area contributed by atoms with Crippen LogP contribution in [0.25, 0.3) is 11.2 Å². The van der Waals surface area contributed by atoms with Gasteiger partial charge in [-0.05, 0) is 30.2 Å². The van der Waals surface area contributed by atoms with Crippen LogP contribution in [0.4, 0.5) is 0 Å². The summed E-state index contributed by atoms with van der Waals surface area (Å²) in [6.45, 7) is 4.88. The fourth-order valence-electron chi connectivity index (χ4n) is 3.94. The van der Waals surface area contributed by atoms with Crippen LogP contribution in [-0.2, 0) is 21.2 Å². The van der Waals surface area contributed by atoms with Gasteiger partial charge in [0.05, 0.1) is 20.2 Å². The zero-order valence-corrected chi connectivity index (χ0v) is 20.2. The van der Waals surface area contributed by atoms with Gasteiger partial charge in [-0.1, -0.05) is 24.1 Å². The van der Waals surface area contributed by atoms with Crippen LogP contribution in [0.1, 0.15) is 24.3 Å². The van der Waals surface area contributed by atoms with Crippen molar-refractivity contribution in [2.75, 3.05) is 33.3 Å². The molecular formula is C23H27N5O5S. The SMILES string of the molecule is COc1cccc([S+](=O)([O-])N2CCN(C(=O)c3nc4cccnc4n(CC(C)C)c3=O)CC2)c1. The van der Waals surface area contributed by atoms with E-state index >= 15 is 0 Å². The van der Waals surface area contributed by atoms with Gasteiger partial charge in [0.1, 0.15) is 11.3 Å². The third-order valence-corrected chi connectivity index (χ3v) is 7.55. The van der Waals surface area contributed by atoms with E-state index in [1.54, 1.807) is 30.5 Å². The van der Waals surface area contributed by atoms with E-state index in [1.165, 1.54) is 33.0 Å². The molecule has 34 heavy (non-hydrogen) atoms. The second-order valence-corrected chi connectivity index (χ2v) is 10.4. The Kier molecular flexibility index (Phi) is 6.78. The summed E-state index contributed by atoms with van der Waals surface area (Å²) >= 11 is 0. The van der Waals surface area contributed by atoms with Crippen molar-refractivity contribution in [2.45, 2.75) is 25.3 Å². The second-order valence-electron chi connectivity index (χ2n) is 8.49. The van der Waals surface area contributed by atoms with Crippen molar-refractivity contribution >= 4 is 27.5 Å². The summed E-state index contributed by atoms with van der Waals surface area (Å²) in [6, 6.07) is 9.70. The maximum absolute atomic E-state index is 13.3. The first-order valence-electron chi connectivity index (χ1n) is 11.0. The molecule has 180 valence electrons. The number of aromatic nitrogens is 3. The number of hydrogen-bond donors (Lipinski definition) is 0. The molecule has 1 aromatic carbocycles. The summed E-state index contributed by atoms with van der Waals surface area (Å²) in [5.74, 6) is 0.106. The van der Waals surface area contributed by atoms with E-state index < -0.39 is 21.9 Å². The highest BCUT2D eigenvalue weighted by Crippen LogP contribution is 2.26. The van der Waals surface area contributed by atoms with Gasteiger partial charge >= 0.3 is 0 Å². The van der Waals surface area contributed by atoms with Crippen molar-refractivity contribution in [3.63, 3.8) is 0 Å². The first kappa shape index (κ1) is 24.0. The molecule has 1 aliphatic heterocycles. The molecule has 1 amide bonds. The van der Waals surface area contributed by atoms with Crippen LogP contribution in [0.3, 0.4) is 0 Å². The smallest absolute Gasteiger partial charge is 0.283 e. The molecule has 3 heterocycles.